The third-order valence-electron chi connectivity index (χ3n) is 11.8. The predicted octanol–water partition coefficient (Wildman–Crippen LogP) is 14.3. The number of rotatable bonds is 7. The number of aromatic nitrogens is 1. The maximum atomic E-state index is 2.51. The Hall–Kier alpha value is -7.42. The number of hydrogen-bond acceptors (Lipinski definition) is 1. The second-order valence-electron chi connectivity index (χ2n) is 14.8. The normalized spacial score (nSPS) is 12.7. The number of para-hydroxylation sites is 3. The van der Waals surface area contributed by atoms with Gasteiger partial charge in [0.15, 0.2) is 0 Å². The minimum Gasteiger partial charge on any atom is -0.309 e. The lowest BCUT2D eigenvalue weighted by molar-refractivity contribution is 0.768. The van der Waals surface area contributed by atoms with Crippen LogP contribution in [-0.2, 0) is 5.41 Å². The maximum absolute atomic E-state index is 2.51. The zero-order valence-electron chi connectivity index (χ0n) is 31.3. The molecule has 0 fully saturated rings. The summed E-state index contributed by atoms with van der Waals surface area (Å²) in [6, 6.07) is 84.3. The Morgan fingerprint density at radius 1 is 0.368 bits per heavy atom. The monoisotopic (exact) mass is 726 g/mol. The van der Waals surface area contributed by atoms with E-state index in [4.69, 9.17) is 0 Å². The molecule has 2 nitrogen and oxygen atoms in total. The maximum Gasteiger partial charge on any atom is 0.0714 e. The van der Waals surface area contributed by atoms with Gasteiger partial charge in [0.25, 0.3) is 0 Å². The van der Waals surface area contributed by atoms with Crippen molar-refractivity contribution in [1.29, 1.82) is 0 Å². The van der Waals surface area contributed by atoms with Gasteiger partial charge in [-0.25, -0.2) is 0 Å². The molecule has 0 aliphatic heterocycles. The Bertz CT molecular complexity index is 3000. The molecule has 1 aliphatic carbocycles. The van der Waals surface area contributed by atoms with E-state index in [1.54, 1.807) is 0 Å². The standard InChI is InChI=1S/C55H38N2/c1-6-21-39(22-7-1)46-37-53-47(44-31-17-19-35-50(44)56(53)42-27-12-4-13-28-42)38-52(46)57(43-29-14-5-15-30-43)51-36-20-34-49-54(51)45-32-16-18-33-48(45)55(49,40-23-8-2-9-24-40)41-25-10-3-11-26-41/h1-38H. The van der Waals surface area contributed by atoms with Crippen LogP contribution in [0.25, 0.3) is 49.7 Å². The molecule has 1 aromatic heterocycles. The highest BCUT2D eigenvalue weighted by Crippen LogP contribution is 2.60. The average Bonchev–Trinajstić information content (AvgIpc) is 3.78. The van der Waals surface area contributed by atoms with Gasteiger partial charge in [-0.15, -0.1) is 0 Å². The van der Waals surface area contributed by atoms with E-state index in [1.165, 1.54) is 55.2 Å². The van der Waals surface area contributed by atoms with Crippen LogP contribution in [0.3, 0.4) is 0 Å². The van der Waals surface area contributed by atoms with Crippen molar-refractivity contribution in [2.24, 2.45) is 0 Å². The molecule has 9 aromatic carbocycles. The van der Waals surface area contributed by atoms with Gasteiger partial charge in [-0.2, -0.15) is 0 Å². The van der Waals surface area contributed by atoms with Crippen LogP contribution < -0.4 is 4.90 Å². The van der Waals surface area contributed by atoms with E-state index in [1.807, 2.05) is 0 Å². The summed E-state index contributed by atoms with van der Waals surface area (Å²) in [5, 5.41) is 2.43. The first-order valence-corrected chi connectivity index (χ1v) is 19.7. The van der Waals surface area contributed by atoms with Crippen molar-refractivity contribution in [2.75, 3.05) is 4.90 Å². The summed E-state index contributed by atoms with van der Waals surface area (Å²) in [7, 11) is 0. The molecule has 268 valence electrons. The van der Waals surface area contributed by atoms with Gasteiger partial charge >= 0.3 is 0 Å². The molecule has 0 unspecified atom stereocenters. The van der Waals surface area contributed by atoms with E-state index in [0.29, 0.717) is 0 Å². The van der Waals surface area contributed by atoms with Crippen LogP contribution in [0.15, 0.2) is 231 Å². The number of hydrogen-bond donors (Lipinski definition) is 0. The van der Waals surface area contributed by atoms with Crippen molar-refractivity contribution in [2.45, 2.75) is 5.41 Å². The van der Waals surface area contributed by atoms with Crippen LogP contribution in [-0.4, -0.2) is 4.57 Å². The number of benzene rings is 9. The van der Waals surface area contributed by atoms with Gasteiger partial charge < -0.3 is 9.47 Å². The average molecular weight is 727 g/mol. The minimum absolute atomic E-state index is 0.512. The number of anilines is 3. The van der Waals surface area contributed by atoms with Crippen molar-refractivity contribution in [3.63, 3.8) is 0 Å². The molecule has 1 aliphatic rings. The Morgan fingerprint density at radius 2 is 0.930 bits per heavy atom. The van der Waals surface area contributed by atoms with Gasteiger partial charge in [0.1, 0.15) is 0 Å². The SMILES string of the molecule is c1ccc(-c2cc3c(cc2N(c2ccccc2)c2cccc4c2-c2ccccc2C4(c2ccccc2)c2ccccc2)c2ccccc2n3-c2ccccc2)cc1. The van der Waals surface area contributed by atoms with Crippen LogP contribution in [0.1, 0.15) is 22.3 Å². The molecule has 11 rings (SSSR count). The van der Waals surface area contributed by atoms with Crippen molar-refractivity contribution < 1.29 is 0 Å². The summed E-state index contributed by atoms with van der Waals surface area (Å²) in [5.41, 5.74) is 16.3. The van der Waals surface area contributed by atoms with Gasteiger partial charge in [0.05, 0.1) is 27.8 Å². The molecule has 0 radical (unpaired) electrons. The summed E-state index contributed by atoms with van der Waals surface area (Å²) in [5.74, 6) is 0. The van der Waals surface area contributed by atoms with Gasteiger partial charge in [-0.1, -0.05) is 182 Å². The Kier molecular flexibility index (Phi) is 7.75. The van der Waals surface area contributed by atoms with Crippen LogP contribution in [0.4, 0.5) is 17.1 Å². The highest BCUT2D eigenvalue weighted by molar-refractivity contribution is 6.13. The Morgan fingerprint density at radius 3 is 1.63 bits per heavy atom. The van der Waals surface area contributed by atoms with Gasteiger partial charge in [-0.05, 0) is 81.9 Å². The lowest BCUT2D eigenvalue weighted by atomic mass is 9.68. The molecule has 0 bridgehead atoms. The molecule has 57 heavy (non-hydrogen) atoms. The lowest BCUT2D eigenvalue weighted by Gasteiger charge is -2.34. The highest BCUT2D eigenvalue weighted by atomic mass is 15.1. The van der Waals surface area contributed by atoms with Gasteiger partial charge in [0.2, 0.25) is 0 Å². The molecule has 0 spiro atoms. The Labute approximate surface area is 333 Å². The number of fused-ring (bicyclic) bond motifs is 6. The van der Waals surface area contributed by atoms with Crippen molar-refractivity contribution >= 4 is 38.9 Å². The molecular formula is C55H38N2. The second-order valence-corrected chi connectivity index (χ2v) is 14.8. The first kappa shape index (κ1) is 33.0. The van der Waals surface area contributed by atoms with E-state index >= 15 is 0 Å². The fourth-order valence-corrected chi connectivity index (χ4v) is 9.54. The van der Waals surface area contributed by atoms with Crippen molar-refractivity contribution in [1.82, 2.24) is 4.57 Å². The summed E-state index contributed by atoms with van der Waals surface area (Å²) < 4.78 is 2.41. The van der Waals surface area contributed by atoms with E-state index in [-0.39, 0.29) is 0 Å². The highest BCUT2D eigenvalue weighted by Gasteiger charge is 2.47. The van der Waals surface area contributed by atoms with Crippen LogP contribution in [0, 0.1) is 0 Å². The first-order chi connectivity index (χ1) is 28.3. The van der Waals surface area contributed by atoms with Crippen molar-refractivity contribution in [3.05, 3.63) is 253 Å². The minimum atomic E-state index is -0.512. The molecular weight excluding hydrogens is 689 g/mol. The molecule has 1 heterocycles. The summed E-state index contributed by atoms with van der Waals surface area (Å²) in [6.45, 7) is 0. The fourth-order valence-electron chi connectivity index (χ4n) is 9.54. The van der Waals surface area contributed by atoms with Crippen LogP contribution >= 0.6 is 0 Å². The van der Waals surface area contributed by atoms with E-state index in [0.717, 1.165) is 33.9 Å². The van der Waals surface area contributed by atoms with Crippen molar-refractivity contribution in [3.8, 4) is 27.9 Å². The lowest BCUT2D eigenvalue weighted by Crippen LogP contribution is -2.28. The van der Waals surface area contributed by atoms with Gasteiger partial charge in [-0.3, -0.25) is 0 Å². The Balaban J connectivity index is 1.27. The molecule has 2 heteroatoms. The fraction of sp³-hybridized carbons (Fsp3) is 0.0182. The molecule has 0 N–H and O–H groups in total. The number of nitrogens with zero attached hydrogens (tertiary/aromatic N) is 2. The molecule has 0 atom stereocenters. The smallest absolute Gasteiger partial charge is 0.0714 e. The predicted molar refractivity (Wildman–Crippen MR) is 238 cm³/mol. The van der Waals surface area contributed by atoms with Crippen LogP contribution in [0.2, 0.25) is 0 Å². The summed E-state index contributed by atoms with van der Waals surface area (Å²) >= 11 is 0. The quantitative estimate of drug-likeness (QED) is 0.159. The molecule has 0 amide bonds. The van der Waals surface area contributed by atoms with E-state index in [2.05, 4.69) is 240 Å². The zero-order chi connectivity index (χ0) is 37.8. The topological polar surface area (TPSA) is 8.17 Å². The molecule has 0 saturated heterocycles. The first-order valence-electron chi connectivity index (χ1n) is 19.7. The molecule has 10 aromatic rings. The van der Waals surface area contributed by atoms with E-state index in [9.17, 15) is 0 Å². The summed E-state index contributed by atoms with van der Waals surface area (Å²) in [6.07, 6.45) is 0. The zero-order valence-corrected chi connectivity index (χ0v) is 31.3. The third kappa shape index (κ3) is 5.04. The summed E-state index contributed by atoms with van der Waals surface area (Å²) in [4.78, 5) is 2.51. The van der Waals surface area contributed by atoms with E-state index < -0.39 is 5.41 Å². The van der Waals surface area contributed by atoms with Gasteiger partial charge in [0, 0.05) is 33.3 Å². The van der Waals surface area contributed by atoms with Crippen LogP contribution in [0.5, 0.6) is 0 Å². The second kappa shape index (κ2) is 13.4. The largest absolute Gasteiger partial charge is 0.309 e. The molecule has 0 saturated carbocycles. The third-order valence-corrected chi connectivity index (χ3v) is 11.8.